The number of fused-ring (bicyclic) bond motifs is 2. The lowest BCUT2D eigenvalue weighted by atomic mass is 9.87. The van der Waals surface area contributed by atoms with Gasteiger partial charge in [0.05, 0.1) is 17.8 Å². The zero-order chi connectivity index (χ0) is 21.3. The summed E-state index contributed by atoms with van der Waals surface area (Å²) in [6.45, 7) is 6.49. The lowest BCUT2D eigenvalue weighted by molar-refractivity contribution is 0.0560. The average Bonchev–Trinajstić information content (AvgIpc) is 2.77. The number of hydrogen-bond donors (Lipinski definition) is 1. The van der Waals surface area contributed by atoms with Gasteiger partial charge in [-0.2, -0.15) is 0 Å². The molecule has 0 saturated carbocycles. The quantitative estimate of drug-likeness (QED) is 0.839. The molecule has 0 spiro atoms. The van der Waals surface area contributed by atoms with Gasteiger partial charge in [0, 0.05) is 43.2 Å². The summed E-state index contributed by atoms with van der Waals surface area (Å²) in [5.41, 5.74) is 11.2. The molecule has 0 radical (unpaired) electrons. The Labute approximate surface area is 177 Å². The summed E-state index contributed by atoms with van der Waals surface area (Å²) in [6, 6.07) is 5.74. The normalized spacial score (nSPS) is 19.0. The number of rotatable bonds is 3. The van der Waals surface area contributed by atoms with Crippen molar-refractivity contribution < 1.29 is 14.3 Å². The zero-order valence-corrected chi connectivity index (χ0v) is 17.8. The second-order valence-electron chi connectivity index (χ2n) is 8.22. The number of nitrogens with zero attached hydrogens (tertiary/aromatic N) is 3. The van der Waals surface area contributed by atoms with Crippen LogP contribution in [0.5, 0.6) is 0 Å². The van der Waals surface area contributed by atoms with Crippen LogP contribution in [0.15, 0.2) is 18.2 Å². The maximum absolute atomic E-state index is 13.1. The van der Waals surface area contributed by atoms with Crippen LogP contribution in [0.25, 0.3) is 10.9 Å². The number of benzene rings is 1. The predicted molar refractivity (Wildman–Crippen MR) is 115 cm³/mol. The van der Waals surface area contributed by atoms with Crippen molar-refractivity contribution >= 4 is 22.9 Å². The van der Waals surface area contributed by atoms with Crippen molar-refractivity contribution in [3.8, 4) is 0 Å². The van der Waals surface area contributed by atoms with Gasteiger partial charge in [-0.15, -0.1) is 0 Å². The monoisotopic (exact) mass is 410 g/mol. The van der Waals surface area contributed by atoms with Crippen LogP contribution < -0.4 is 5.73 Å². The zero-order valence-electron chi connectivity index (χ0n) is 17.8. The number of piperazine rings is 1. The second-order valence-corrected chi connectivity index (χ2v) is 8.22. The summed E-state index contributed by atoms with van der Waals surface area (Å²) < 4.78 is 5.19. The fraction of sp³-hybridized carbons (Fsp3) is 0.522. The molecule has 1 aromatic heterocycles. The Morgan fingerprint density at radius 1 is 1.20 bits per heavy atom. The van der Waals surface area contributed by atoms with E-state index >= 15 is 0 Å². The van der Waals surface area contributed by atoms with Crippen LogP contribution in [0.2, 0.25) is 0 Å². The van der Waals surface area contributed by atoms with E-state index in [-0.39, 0.29) is 18.0 Å². The molecule has 1 aromatic carbocycles. The smallest absolute Gasteiger partial charge is 0.409 e. The van der Waals surface area contributed by atoms with Crippen molar-refractivity contribution in [2.75, 3.05) is 32.8 Å². The van der Waals surface area contributed by atoms with E-state index in [2.05, 4.69) is 6.92 Å². The molecule has 1 aliphatic heterocycles. The Bertz CT molecular complexity index is 967. The van der Waals surface area contributed by atoms with Gasteiger partial charge in [-0.05, 0) is 55.9 Å². The summed E-state index contributed by atoms with van der Waals surface area (Å²) >= 11 is 0. The molecule has 4 rings (SSSR count). The topological polar surface area (TPSA) is 88.8 Å². The van der Waals surface area contributed by atoms with Crippen molar-refractivity contribution in [1.29, 1.82) is 0 Å². The van der Waals surface area contributed by atoms with Gasteiger partial charge >= 0.3 is 6.09 Å². The molecule has 1 unspecified atom stereocenters. The number of nitrogens with two attached hydrogens (primary N) is 1. The van der Waals surface area contributed by atoms with Crippen LogP contribution in [0, 0.1) is 6.92 Å². The third-order valence-electron chi connectivity index (χ3n) is 6.20. The molecule has 1 saturated heterocycles. The molecule has 2 aliphatic rings. The minimum atomic E-state index is -0.296. The van der Waals surface area contributed by atoms with Gasteiger partial charge in [0.1, 0.15) is 0 Å². The summed E-state index contributed by atoms with van der Waals surface area (Å²) in [4.78, 5) is 33.4. The summed E-state index contributed by atoms with van der Waals surface area (Å²) in [6.07, 6.45) is 3.57. The molecule has 1 fully saturated rings. The first-order valence-corrected chi connectivity index (χ1v) is 10.9. The van der Waals surface area contributed by atoms with Gasteiger partial charge in [-0.1, -0.05) is 13.0 Å². The van der Waals surface area contributed by atoms with Gasteiger partial charge in [-0.3, -0.25) is 9.78 Å². The van der Waals surface area contributed by atoms with E-state index in [1.807, 2.05) is 25.1 Å². The largest absolute Gasteiger partial charge is 0.449 e. The molecule has 2 N–H and O–H groups in total. The van der Waals surface area contributed by atoms with E-state index in [1.165, 1.54) is 11.1 Å². The Balaban J connectivity index is 1.51. The molecule has 1 atom stereocenters. The summed E-state index contributed by atoms with van der Waals surface area (Å²) in [5, 5.41) is 1.09. The highest BCUT2D eigenvalue weighted by molar-refractivity contribution is 5.98. The number of amides is 2. The third kappa shape index (κ3) is 3.86. The van der Waals surface area contributed by atoms with Crippen molar-refractivity contribution in [2.24, 2.45) is 5.73 Å². The van der Waals surface area contributed by atoms with Crippen molar-refractivity contribution in [2.45, 2.75) is 45.6 Å². The number of pyridine rings is 1. The summed E-state index contributed by atoms with van der Waals surface area (Å²) in [5.74, 6) is -0.0278. The molecule has 160 valence electrons. The first-order chi connectivity index (χ1) is 14.5. The third-order valence-corrected chi connectivity index (χ3v) is 6.20. The molecule has 2 aromatic rings. The fourth-order valence-electron chi connectivity index (χ4n) is 4.44. The number of carbonyl (C=O) groups is 2. The van der Waals surface area contributed by atoms with E-state index in [9.17, 15) is 9.59 Å². The number of carbonyl (C=O) groups excluding carboxylic acids is 2. The predicted octanol–water partition coefficient (Wildman–Crippen LogP) is 3.18. The van der Waals surface area contributed by atoms with Crippen LogP contribution in [0.1, 0.15) is 59.4 Å². The highest BCUT2D eigenvalue weighted by Gasteiger charge is 2.26. The minimum absolute atomic E-state index is 0.0278. The van der Waals surface area contributed by atoms with Crippen molar-refractivity contribution in [3.05, 3.63) is 40.6 Å². The van der Waals surface area contributed by atoms with Crippen molar-refractivity contribution in [3.63, 3.8) is 0 Å². The Morgan fingerprint density at radius 3 is 2.67 bits per heavy atom. The molecule has 1 aliphatic carbocycles. The van der Waals surface area contributed by atoms with Gasteiger partial charge in [0.2, 0.25) is 0 Å². The lowest BCUT2D eigenvalue weighted by Gasteiger charge is -2.34. The van der Waals surface area contributed by atoms with Crippen LogP contribution >= 0.6 is 0 Å². The van der Waals surface area contributed by atoms with E-state index in [0.717, 1.165) is 42.3 Å². The number of aromatic nitrogens is 1. The van der Waals surface area contributed by atoms with Gasteiger partial charge in [0.25, 0.3) is 5.91 Å². The lowest BCUT2D eigenvalue weighted by Crippen LogP contribution is -2.50. The Morgan fingerprint density at radius 2 is 1.93 bits per heavy atom. The number of hydrogen-bond acceptors (Lipinski definition) is 5. The molecular weight excluding hydrogens is 380 g/mol. The van der Waals surface area contributed by atoms with Crippen LogP contribution in [0.4, 0.5) is 4.79 Å². The van der Waals surface area contributed by atoms with Gasteiger partial charge < -0.3 is 20.3 Å². The summed E-state index contributed by atoms with van der Waals surface area (Å²) in [7, 11) is 0. The Kier molecular flexibility index (Phi) is 5.90. The molecule has 0 bridgehead atoms. The van der Waals surface area contributed by atoms with E-state index in [4.69, 9.17) is 15.5 Å². The van der Waals surface area contributed by atoms with E-state index in [1.54, 1.807) is 9.80 Å². The molecule has 7 heteroatoms. The SMILES string of the molecule is CCCOC(=O)N1CCN(C(=O)c2ccc3c(C)c4c(nc3c2)C(N)CCC4)CC1. The maximum atomic E-state index is 13.1. The molecular formula is C23H30N4O3. The standard InChI is InChI=1S/C23H30N4O3/c1-3-13-30-23(29)27-11-9-26(10-12-27)22(28)16-7-8-17-15(2)18-5-4-6-19(24)21(18)25-20(17)14-16/h7-8,14,19H,3-6,9-13,24H2,1-2H3. The highest BCUT2D eigenvalue weighted by Crippen LogP contribution is 2.33. The second kappa shape index (κ2) is 8.60. The highest BCUT2D eigenvalue weighted by atomic mass is 16.6. The van der Waals surface area contributed by atoms with Crippen molar-refractivity contribution in [1.82, 2.24) is 14.8 Å². The Hall–Kier alpha value is -2.67. The van der Waals surface area contributed by atoms with Gasteiger partial charge in [-0.25, -0.2) is 4.79 Å². The van der Waals surface area contributed by atoms with Gasteiger partial charge in [0.15, 0.2) is 0 Å². The molecule has 7 nitrogen and oxygen atoms in total. The maximum Gasteiger partial charge on any atom is 0.409 e. The van der Waals surface area contributed by atoms with Crippen LogP contribution in [-0.4, -0.2) is 59.6 Å². The van der Waals surface area contributed by atoms with E-state index < -0.39 is 0 Å². The first-order valence-electron chi connectivity index (χ1n) is 10.9. The molecule has 30 heavy (non-hydrogen) atoms. The van der Waals surface area contributed by atoms with E-state index in [0.29, 0.717) is 38.3 Å². The minimum Gasteiger partial charge on any atom is -0.449 e. The fourth-order valence-corrected chi connectivity index (χ4v) is 4.44. The molecule has 2 amide bonds. The number of aryl methyl sites for hydroxylation is 1. The van der Waals surface area contributed by atoms with Crippen LogP contribution in [-0.2, 0) is 11.2 Å². The molecule has 2 heterocycles. The average molecular weight is 411 g/mol. The first kappa shape index (κ1) is 20.6. The van der Waals surface area contributed by atoms with Crippen LogP contribution in [0.3, 0.4) is 0 Å². The number of ether oxygens (including phenoxy) is 1.